The van der Waals surface area contributed by atoms with Gasteiger partial charge in [-0.25, -0.2) is 0 Å². The number of benzene rings is 4. The zero-order valence-corrected chi connectivity index (χ0v) is 13.9. The summed E-state index contributed by atoms with van der Waals surface area (Å²) >= 11 is 0. The van der Waals surface area contributed by atoms with E-state index in [1.54, 1.807) is 0 Å². The standard InChI is InChI=1S/C24H13NO/c1-2-6-15-14(5-1)9-10-20-22(15)19-13-18-16-7-3-4-8-21(16)26-24(18)17-11-12-25(20)23(17)19/h1-13H. The predicted molar refractivity (Wildman–Crippen MR) is 108 cm³/mol. The second kappa shape index (κ2) is 4.17. The molecule has 0 saturated carbocycles. The first-order valence-corrected chi connectivity index (χ1v) is 8.88. The van der Waals surface area contributed by atoms with Crippen LogP contribution in [0.25, 0.3) is 59.9 Å². The Morgan fingerprint density at radius 1 is 0.654 bits per heavy atom. The highest BCUT2D eigenvalue weighted by molar-refractivity contribution is 6.29. The van der Waals surface area contributed by atoms with Crippen LogP contribution < -0.4 is 0 Å². The van der Waals surface area contributed by atoms with E-state index < -0.39 is 0 Å². The van der Waals surface area contributed by atoms with E-state index in [4.69, 9.17) is 4.42 Å². The van der Waals surface area contributed by atoms with Gasteiger partial charge in [0, 0.05) is 33.1 Å². The van der Waals surface area contributed by atoms with Gasteiger partial charge in [0.05, 0.1) is 11.0 Å². The SMILES string of the molecule is c1ccc2c(c1)ccc1c2c2cc3c4ccccc4oc3c3ccn1c32. The number of rotatable bonds is 0. The molecular formula is C24H13NO. The third-order valence-electron chi connectivity index (χ3n) is 5.74. The predicted octanol–water partition coefficient (Wildman–Crippen LogP) is 6.74. The van der Waals surface area contributed by atoms with E-state index in [0.717, 1.165) is 11.2 Å². The average Bonchev–Trinajstić information content (AvgIpc) is 3.36. The molecule has 0 unspecified atom stereocenters. The number of hydrogen-bond donors (Lipinski definition) is 0. The topological polar surface area (TPSA) is 17.6 Å². The van der Waals surface area contributed by atoms with Gasteiger partial charge in [0.15, 0.2) is 0 Å². The smallest absolute Gasteiger partial charge is 0.144 e. The fourth-order valence-electron chi connectivity index (χ4n) is 4.65. The number of aromatic nitrogens is 1. The molecule has 0 aliphatic heterocycles. The molecule has 26 heavy (non-hydrogen) atoms. The molecule has 0 atom stereocenters. The summed E-state index contributed by atoms with van der Waals surface area (Å²) < 4.78 is 8.54. The van der Waals surface area contributed by atoms with Gasteiger partial charge in [-0.1, -0.05) is 48.5 Å². The van der Waals surface area contributed by atoms with E-state index in [-0.39, 0.29) is 0 Å². The first kappa shape index (κ1) is 12.8. The van der Waals surface area contributed by atoms with Gasteiger partial charge in [0.25, 0.3) is 0 Å². The number of para-hydroxylation sites is 1. The van der Waals surface area contributed by atoms with Crippen LogP contribution in [0.3, 0.4) is 0 Å². The van der Waals surface area contributed by atoms with Crippen LogP contribution in [-0.2, 0) is 0 Å². The minimum Gasteiger partial charge on any atom is -0.455 e. The largest absolute Gasteiger partial charge is 0.455 e. The van der Waals surface area contributed by atoms with Crippen LogP contribution >= 0.6 is 0 Å². The molecule has 3 aromatic heterocycles. The van der Waals surface area contributed by atoms with Gasteiger partial charge in [-0.3, -0.25) is 0 Å². The lowest BCUT2D eigenvalue weighted by atomic mass is 10.0. The molecule has 0 fully saturated rings. The van der Waals surface area contributed by atoms with Crippen molar-refractivity contribution < 1.29 is 4.42 Å². The fourth-order valence-corrected chi connectivity index (χ4v) is 4.65. The Bertz CT molecular complexity index is 1630. The van der Waals surface area contributed by atoms with Crippen LogP contribution in [0.2, 0.25) is 0 Å². The van der Waals surface area contributed by atoms with Crippen LogP contribution in [-0.4, -0.2) is 4.40 Å². The third-order valence-corrected chi connectivity index (χ3v) is 5.74. The summed E-state index contributed by atoms with van der Waals surface area (Å²) in [7, 11) is 0. The Morgan fingerprint density at radius 2 is 1.50 bits per heavy atom. The molecule has 2 heteroatoms. The summed E-state index contributed by atoms with van der Waals surface area (Å²) in [4.78, 5) is 0. The van der Waals surface area contributed by atoms with Crippen molar-refractivity contribution in [1.82, 2.24) is 4.40 Å². The van der Waals surface area contributed by atoms with Gasteiger partial charge in [-0.2, -0.15) is 0 Å². The molecule has 0 N–H and O–H groups in total. The van der Waals surface area contributed by atoms with Gasteiger partial charge in [-0.15, -0.1) is 0 Å². The van der Waals surface area contributed by atoms with Gasteiger partial charge in [0.1, 0.15) is 11.2 Å². The summed E-state index contributed by atoms with van der Waals surface area (Å²) in [6, 6.07) is 25.9. The Kier molecular flexibility index (Phi) is 2.05. The maximum absolute atomic E-state index is 6.23. The highest BCUT2D eigenvalue weighted by Gasteiger charge is 2.19. The van der Waals surface area contributed by atoms with Gasteiger partial charge in [0.2, 0.25) is 0 Å². The first-order valence-electron chi connectivity index (χ1n) is 8.88. The van der Waals surface area contributed by atoms with Crippen molar-refractivity contribution in [3.8, 4) is 0 Å². The molecule has 0 aliphatic carbocycles. The minimum absolute atomic E-state index is 0.951. The van der Waals surface area contributed by atoms with Gasteiger partial charge in [-0.05, 0) is 35.0 Å². The van der Waals surface area contributed by atoms with Crippen molar-refractivity contribution in [2.75, 3.05) is 0 Å². The molecule has 2 nitrogen and oxygen atoms in total. The van der Waals surface area contributed by atoms with E-state index >= 15 is 0 Å². The second-order valence-corrected chi connectivity index (χ2v) is 7.03. The van der Waals surface area contributed by atoms with Crippen molar-refractivity contribution in [3.05, 3.63) is 79.0 Å². The van der Waals surface area contributed by atoms with Crippen molar-refractivity contribution in [2.45, 2.75) is 0 Å². The van der Waals surface area contributed by atoms with Crippen LogP contribution in [0.5, 0.6) is 0 Å². The van der Waals surface area contributed by atoms with Crippen LogP contribution in [0, 0.1) is 0 Å². The third kappa shape index (κ3) is 1.33. The zero-order valence-electron chi connectivity index (χ0n) is 13.9. The monoisotopic (exact) mass is 331 g/mol. The summed E-state index contributed by atoms with van der Waals surface area (Å²) in [5.41, 5.74) is 4.45. The molecule has 0 aliphatic rings. The van der Waals surface area contributed by atoms with E-state index in [0.29, 0.717) is 0 Å². The second-order valence-electron chi connectivity index (χ2n) is 7.03. The molecule has 3 heterocycles. The Labute approximate surface area is 148 Å². The van der Waals surface area contributed by atoms with E-state index in [1.807, 2.05) is 12.1 Å². The van der Waals surface area contributed by atoms with Crippen molar-refractivity contribution in [2.24, 2.45) is 0 Å². The summed E-state index contributed by atoms with van der Waals surface area (Å²) in [5, 5.41) is 8.79. The quantitative estimate of drug-likeness (QED) is 0.301. The molecule has 7 rings (SSSR count). The molecule has 120 valence electrons. The Balaban J connectivity index is 1.87. The van der Waals surface area contributed by atoms with Crippen molar-refractivity contribution in [3.63, 3.8) is 0 Å². The number of nitrogens with zero attached hydrogens (tertiary/aromatic N) is 1. The lowest BCUT2D eigenvalue weighted by Crippen LogP contribution is -1.77. The molecule has 0 radical (unpaired) electrons. The van der Waals surface area contributed by atoms with Crippen LogP contribution in [0.4, 0.5) is 0 Å². The first-order chi connectivity index (χ1) is 12.9. The number of furan rings is 1. The Morgan fingerprint density at radius 3 is 2.46 bits per heavy atom. The molecule has 0 saturated heterocycles. The molecular weight excluding hydrogens is 318 g/mol. The average molecular weight is 331 g/mol. The maximum atomic E-state index is 6.23. The lowest BCUT2D eigenvalue weighted by molar-refractivity contribution is 0.673. The number of fused-ring (bicyclic) bond motifs is 9. The minimum atomic E-state index is 0.951. The van der Waals surface area contributed by atoms with Crippen molar-refractivity contribution >= 4 is 59.9 Å². The number of hydrogen-bond acceptors (Lipinski definition) is 1. The zero-order chi connectivity index (χ0) is 16.8. The van der Waals surface area contributed by atoms with Gasteiger partial charge >= 0.3 is 0 Å². The summed E-state index contributed by atoms with van der Waals surface area (Å²) in [6.07, 6.45) is 2.17. The molecule has 4 aromatic carbocycles. The summed E-state index contributed by atoms with van der Waals surface area (Å²) in [6.45, 7) is 0. The van der Waals surface area contributed by atoms with Crippen LogP contribution in [0.15, 0.2) is 83.4 Å². The highest BCUT2D eigenvalue weighted by Crippen LogP contribution is 2.42. The fraction of sp³-hybridized carbons (Fsp3) is 0. The summed E-state index contributed by atoms with van der Waals surface area (Å²) in [5.74, 6) is 0. The van der Waals surface area contributed by atoms with E-state index in [9.17, 15) is 0 Å². The maximum Gasteiger partial charge on any atom is 0.144 e. The molecule has 0 bridgehead atoms. The van der Waals surface area contributed by atoms with Crippen molar-refractivity contribution in [1.29, 1.82) is 0 Å². The molecule has 0 spiro atoms. The normalized spacial score (nSPS) is 12.6. The van der Waals surface area contributed by atoms with E-state index in [2.05, 4.69) is 71.3 Å². The molecule has 0 amide bonds. The Hall–Kier alpha value is -3.52. The van der Waals surface area contributed by atoms with Gasteiger partial charge < -0.3 is 8.82 Å². The van der Waals surface area contributed by atoms with Crippen LogP contribution in [0.1, 0.15) is 0 Å². The van der Waals surface area contributed by atoms with E-state index in [1.165, 1.54) is 48.7 Å². The lowest BCUT2D eigenvalue weighted by Gasteiger charge is -2.01. The highest BCUT2D eigenvalue weighted by atomic mass is 16.3. The molecule has 7 aromatic rings.